The number of likely N-dealkylation sites (N-methyl/N-ethyl adjacent to an activating group) is 1. The van der Waals surface area contributed by atoms with Crippen LogP contribution in [0.5, 0.6) is 0 Å². The first kappa shape index (κ1) is 33.6. The van der Waals surface area contributed by atoms with Gasteiger partial charge in [0.2, 0.25) is 23.6 Å². The fourth-order valence-electron chi connectivity index (χ4n) is 6.61. The molecule has 4 amide bonds. The standard InChI is InChI=1S/C34H47FN6O5/c1-4-28(42)38-30(34(45)41-17-15-40(3)16-18-41)21(2)24-13-14-26(25(35)19-24)36-32(43)29(22-9-7-5-6-8-10-22)33(44)37-27-20-46-39-31(27)23-11-12-23/h13-14,19-23,29-30H,4-12,15-18H2,1-3H3,(H,36,43)(H,37,44)(H,38,42)/t21-,29+,30+/m0/s1. The van der Waals surface area contributed by atoms with Crippen molar-refractivity contribution in [1.29, 1.82) is 0 Å². The molecular formula is C34H47FN6O5. The third-order valence-electron chi connectivity index (χ3n) is 9.75. The SMILES string of the molecule is CCC(=O)N[C@@H](C(=O)N1CCN(C)CC1)[C@@H](C)c1ccc(NC(=O)[C@H](C(=O)Nc2conc2C2CC2)C2CCCCCC2)c(F)c1. The van der Waals surface area contributed by atoms with E-state index in [1.165, 1.54) is 18.4 Å². The van der Waals surface area contributed by atoms with Gasteiger partial charge >= 0.3 is 0 Å². The largest absolute Gasteiger partial charge is 0.362 e. The maximum absolute atomic E-state index is 15.7. The van der Waals surface area contributed by atoms with Crippen molar-refractivity contribution in [2.24, 2.45) is 11.8 Å². The first-order valence-corrected chi connectivity index (χ1v) is 16.8. The van der Waals surface area contributed by atoms with Gasteiger partial charge < -0.3 is 30.3 Å². The number of hydrogen-bond donors (Lipinski definition) is 3. The van der Waals surface area contributed by atoms with Crippen molar-refractivity contribution in [2.75, 3.05) is 43.9 Å². The van der Waals surface area contributed by atoms with Gasteiger partial charge in [-0.3, -0.25) is 19.2 Å². The van der Waals surface area contributed by atoms with E-state index in [0.29, 0.717) is 30.0 Å². The van der Waals surface area contributed by atoms with E-state index >= 15 is 4.39 Å². The Balaban J connectivity index is 1.32. The van der Waals surface area contributed by atoms with Gasteiger partial charge in [-0.15, -0.1) is 0 Å². The van der Waals surface area contributed by atoms with Crippen molar-refractivity contribution in [2.45, 2.75) is 89.5 Å². The van der Waals surface area contributed by atoms with Gasteiger partial charge in [-0.25, -0.2) is 4.39 Å². The molecule has 1 aromatic carbocycles. The van der Waals surface area contributed by atoms with Crippen molar-refractivity contribution < 1.29 is 28.1 Å². The molecule has 3 fully saturated rings. The molecule has 1 aliphatic heterocycles. The van der Waals surface area contributed by atoms with Crippen LogP contribution in [0.25, 0.3) is 0 Å². The van der Waals surface area contributed by atoms with Gasteiger partial charge in [0.05, 0.1) is 5.69 Å². The Morgan fingerprint density at radius 1 is 0.957 bits per heavy atom. The van der Waals surface area contributed by atoms with Crippen LogP contribution in [0.4, 0.5) is 15.8 Å². The third-order valence-corrected chi connectivity index (χ3v) is 9.75. The highest BCUT2D eigenvalue weighted by atomic mass is 19.1. The van der Waals surface area contributed by atoms with Crippen LogP contribution >= 0.6 is 0 Å². The Labute approximate surface area is 270 Å². The molecule has 2 aliphatic carbocycles. The normalized spacial score (nSPS) is 19.9. The smallest absolute Gasteiger partial charge is 0.245 e. The highest BCUT2D eigenvalue weighted by Gasteiger charge is 2.38. The number of benzene rings is 1. The number of nitrogens with zero attached hydrogens (tertiary/aromatic N) is 3. The lowest BCUT2D eigenvalue weighted by Gasteiger charge is -2.36. The van der Waals surface area contributed by atoms with Gasteiger partial charge in [-0.1, -0.05) is 50.8 Å². The number of anilines is 2. The van der Waals surface area contributed by atoms with E-state index < -0.39 is 35.5 Å². The van der Waals surface area contributed by atoms with Crippen LogP contribution in [0.1, 0.15) is 94.7 Å². The number of piperazine rings is 1. The molecule has 2 aromatic rings. The lowest BCUT2D eigenvalue weighted by molar-refractivity contribution is -0.138. The molecule has 0 unspecified atom stereocenters. The summed E-state index contributed by atoms with van der Waals surface area (Å²) in [6, 6.07) is 3.55. The molecule has 1 aromatic heterocycles. The van der Waals surface area contributed by atoms with E-state index in [2.05, 4.69) is 26.0 Å². The lowest BCUT2D eigenvalue weighted by Crippen LogP contribution is -2.55. The minimum atomic E-state index is -1.02. The number of nitrogens with one attached hydrogen (secondary N) is 3. The number of aromatic nitrogens is 1. The van der Waals surface area contributed by atoms with Crippen molar-refractivity contribution in [3.8, 4) is 0 Å². The van der Waals surface area contributed by atoms with Gasteiger partial charge in [-0.05, 0) is 56.3 Å². The molecule has 3 N–H and O–H groups in total. The van der Waals surface area contributed by atoms with Gasteiger partial charge in [0.1, 0.15) is 35.4 Å². The average Bonchev–Trinajstić information content (AvgIpc) is 3.84. The summed E-state index contributed by atoms with van der Waals surface area (Å²) in [6.45, 7) is 6.07. The average molecular weight is 639 g/mol. The first-order valence-electron chi connectivity index (χ1n) is 16.8. The molecular weight excluding hydrogens is 591 g/mol. The fraction of sp³-hybridized carbons (Fsp3) is 0.618. The van der Waals surface area contributed by atoms with Crippen LogP contribution in [0.15, 0.2) is 29.0 Å². The van der Waals surface area contributed by atoms with Gasteiger partial charge in [0, 0.05) is 44.4 Å². The maximum atomic E-state index is 15.7. The van der Waals surface area contributed by atoms with Crippen molar-refractivity contribution in [1.82, 2.24) is 20.3 Å². The number of amides is 4. The van der Waals surface area contributed by atoms with E-state index in [0.717, 1.165) is 64.5 Å². The molecule has 5 rings (SSSR count). The van der Waals surface area contributed by atoms with Crippen LogP contribution in [0.3, 0.4) is 0 Å². The predicted molar refractivity (Wildman–Crippen MR) is 172 cm³/mol. The zero-order valence-electron chi connectivity index (χ0n) is 27.1. The lowest BCUT2D eigenvalue weighted by atomic mass is 9.84. The second-order valence-electron chi connectivity index (χ2n) is 13.2. The summed E-state index contributed by atoms with van der Waals surface area (Å²) in [5.41, 5.74) is 1.65. The molecule has 2 heterocycles. The molecule has 11 nitrogen and oxygen atoms in total. The summed E-state index contributed by atoms with van der Waals surface area (Å²) in [5.74, 6) is -3.64. The zero-order chi connectivity index (χ0) is 32.8. The molecule has 2 saturated carbocycles. The molecule has 46 heavy (non-hydrogen) atoms. The fourth-order valence-corrected chi connectivity index (χ4v) is 6.61. The second kappa shape index (κ2) is 15.2. The Bertz CT molecular complexity index is 1390. The van der Waals surface area contributed by atoms with Gasteiger partial charge in [-0.2, -0.15) is 0 Å². The van der Waals surface area contributed by atoms with Crippen molar-refractivity contribution in [3.05, 3.63) is 41.5 Å². The van der Waals surface area contributed by atoms with Crippen LogP contribution < -0.4 is 16.0 Å². The molecule has 0 bridgehead atoms. The van der Waals surface area contributed by atoms with E-state index in [9.17, 15) is 19.2 Å². The second-order valence-corrected chi connectivity index (χ2v) is 13.2. The summed E-state index contributed by atoms with van der Waals surface area (Å²) >= 11 is 0. The van der Waals surface area contributed by atoms with Crippen LogP contribution in [0.2, 0.25) is 0 Å². The van der Waals surface area contributed by atoms with Crippen molar-refractivity contribution >= 4 is 35.0 Å². The number of carbonyl (C=O) groups excluding carboxylic acids is 4. The minimum Gasteiger partial charge on any atom is -0.362 e. The van der Waals surface area contributed by atoms with E-state index in [1.807, 2.05) is 7.05 Å². The maximum Gasteiger partial charge on any atom is 0.245 e. The summed E-state index contributed by atoms with van der Waals surface area (Å²) in [5, 5.41) is 12.5. The van der Waals surface area contributed by atoms with E-state index in [-0.39, 0.29) is 35.8 Å². The number of halogens is 1. The first-order chi connectivity index (χ1) is 22.2. The topological polar surface area (TPSA) is 137 Å². The molecule has 0 radical (unpaired) electrons. The monoisotopic (exact) mass is 638 g/mol. The van der Waals surface area contributed by atoms with Gasteiger partial charge in [0.15, 0.2) is 0 Å². The van der Waals surface area contributed by atoms with Crippen LogP contribution in [-0.2, 0) is 19.2 Å². The summed E-state index contributed by atoms with van der Waals surface area (Å²) in [7, 11) is 2.00. The van der Waals surface area contributed by atoms with Gasteiger partial charge in [0.25, 0.3) is 0 Å². The molecule has 3 aliphatic rings. The summed E-state index contributed by atoms with van der Waals surface area (Å²) in [6.07, 6.45) is 8.98. The number of hydrogen-bond acceptors (Lipinski definition) is 7. The predicted octanol–water partition coefficient (Wildman–Crippen LogP) is 4.63. The zero-order valence-corrected chi connectivity index (χ0v) is 27.1. The molecule has 1 saturated heterocycles. The molecule has 3 atom stereocenters. The van der Waals surface area contributed by atoms with E-state index in [4.69, 9.17) is 4.52 Å². The third kappa shape index (κ3) is 8.12. The highest BCUT2D eigenvalue weighted by Crippen LogP contribution is 2.43. The van der Waals surface area contributed by atoms with Crippen LogP contribution in [-0.4, -0.2) is 77.9 Å². The molecule has 12 heteroatoms. The summed E-state index contributed by atoms with van der Waals surface area (Å²) in [4.78, 5) is 57.3. The highest BCUT2D eigenvalue weighted by molar-refractivity contribution is 6.11. The Morgan fingerprint density at radius 2 is 1.61 bits per heavy atom. The number of rotatable bonds is 11. The summed E-state index contributed by atoms with van der Waals surface area (Å²) < 4.78 is 20.8. The van der Waals surface area contributed by atoms with E-state index in [1.54, 1.807) is 24.8 Å². The minimum absolute atomic E-state index is 0.0458. The molecule has 250 valence electrons. The van der Waals surface area contributed by atoms with Crippen LogP contribution in [0, 0.1) is 17.7 Å². The Kier molecular flexibility index (Phi) is 11.1. The molecule has 0 spiro atoms. The number of carbonyl (C=O) groups is 4. The quantitative estimate of drug-likeness (QED) is 0.241. The van der Waals surface area contributed by atoms with Crippen molar-refractivity contribution in [3.63, 3.8) is 0 Å². The Hall–Kier alpha value is -3.80. The Morgan fingerprint density at radius 3 is 2.22 bits per heavy atom.